The summed E-state index contributed by atoms with van der Waals surface area (Å²) in [6.07, 6.45) is 0. The van der Waals surface area contributed by atoms with Crippen molar-refractivity contribution in [2.75, 3.05) is 0 Å². The maximum atomic E-state index is 12.6. The summed E-state index contributed by atoms with van der Waals surface area (Å²) in [7, 11) is 0. The van der Waals surface area contributed by atoms with Gasteiger partial charge in [-0.2, -0.15) is 0 Å². The number of fused-ring (bicyclic) bond motifs is 5. The summed E-state index contributed by atoms with van der Waals surface area (Å²) in [5, 5.41) is 2.67. The van der Waals surface area contributed by atoms with E-state index in [0.717, 1.165) is 33.0 Å². The van der Waals surface area contributed by atoms with E-state index in [2.05, 4.69) is 0 Å². The van der Waals surface area contributed by atoms with Gasteiger partial charge in [0, 0.05) is 16.1 Å². The minimum Gasteiger partial charge on any atom is -0.289 e. The van der Waals surface area contributed by atoms with Crippen molar-refractivity contribution in [2.24, 2.45) is 0 Å². The van der Waals surface area contributed by atoms with Crippen molar-refractivity contribution in [1.29, 1.82) is 0 Å². The van der Waals surface area contributed by atoms with Gasteiger partial charge in [-0.1, -0.05) is 54.1 Å². The molecular weight excluding hydrogens is 256 g/mol. The second-order valence-corrected chi connectivity index (χ2v) is 5.16. The van der Waals surface area contributed by atoms with E-state index in [0.29, 0.717) is 5.02 Å². The Morgan fingerprint density at radius 3 is 2.42 bits per heavy atom. The molecule has 3 aromatic carbocycles. The molecule has 0 aromatic heterocycles. The molecule has 2 heteroatoms. The van der Waals surface area contributed by atoms with E-state index in [1.165, 1.54) is 0 Å². The number of ketones is 1. The SMILES string of the molecule is O=C1c2ccccc2-c2ccc3cc(Cl)ccc3c21. The summed E-state index contributed by atoms with van der Waals surface area (Å²) in [5.74, 6) is 0.110. The first kappa shape index (κ1) is 10.8. The number of carbonyl (C=O) groups excluding carboxylic acids is 1. The van der Waals surface area contributed by atoms with Gasteiger partial charge in [0.2, 0.25) is 0 Å². The van der Waals surface area contributed by atoms with Gasteiger partial charge in [-0.05, 0) is 34.0 Å². The van der Waals surface area contributed by atoms with Crippen molar-refractivity contribution in [3.63, 3.8) is 0 Å². The molecule has 3 aromatic rings. The number of halogens is 1. The topological polar surface area (TPSA) is 17.1 Å². The number of hydrogen-bond acceptors (Lipinski definition) is 1. The summed E-state index contributed by atoms with van der Waals surface area (Å²) < 4.78 is 0. The zero-order chi connectivity index (χ0) is 13.0. The lowest BCUT2D eigenvalue weighted by Gasteiger charge is -2.05. The molecule has 90 valence electrons. The molecule has 0 spiro atoms. The van der Waals surface area contributed by atoms with Crippen LogP contribution < -0.4 is 0 Å². The molecule has 0 heterocycles. The standard InChI is InChI=1S/C17H9ClO/c18-11-6-8-12-10(9-11)5-7-14-13-3-1-2-4-15(13)17(19)16(12)14/h1-9H. The van der Waals surface area contributed by atoms with Crippen LogP contribution in [0.5, 0.6) is 0 Å². The van der Waals surface area contributed by atoms with Gasteiger partial charge in [-0.15, -0.1) is 0 Å². The first-order chi connectivity index (χ1) is 9.25. The average Bonchev–Trinajstić information content (AvgIpc) is 2.73. The number of rotatable bonds is 0. The lowest BCUT2D eigenvalue weighted by atomic mass is 9.99. The zero-order valence-electron chi connectivity index (χ0n) is 9.98. The van der Waals surface area contributed by atoms with Crippen LogP contribution >= 0.6 is 11.6 Å². The van der Waals surface area contributed by atoms with E-state index >= 15 is 0 Å². The molecule has 1 aliphatic rings. The van der Waals surface area contributed by atoms with Crippen LogP contribution in [-0.2, 0) is 0 Å². The van der Waals surface area contributed by atoms with Crippen LogP contribution in [0, 0.1) is 0 Å². The molecule has 0 unspecified atom stereocenters. The van der Waals surface area contributed by atoms with Crippen LogP contribution in [0.4, 0.5) is 0 Å². The first-order valence-corrected chi connectivity index (χ1v) is 6.50. The Balaban J connectivity index is 2.15. The van der Waals surface area contributed by atoms with Gasteiger partial charge in [-0.25, -0.2) is 0 Å². The Morgan fingerprint density at radius 1 is 0.789 bits per heavy atom. The maximum Gasteiger partial charge on any atom is 0.194 e. The fourth-order valence-corrected chi connectivity index (χ4v) is 3.00. The van der Waals surface area contributed by atoms with Crippen LogP contribution in [-0.4, -0.2) is 5.78 Å². The molecule has 1 nitrogen and oxygen atoms in total. The fraction of sp³-hybridized carbons (Fsp3) is 0. The molecule has 0 fully saturated rings. The molecule has 0 bridgehead atoms. The monoisotopic (exact) mass is 264 g/mol. The van der Waals surface area contributed by atoms with Gasteiger partial charge in [0.05, 0.1) is 0 Å². The lowest BCUT2D eigenvalue weighted by Crippen LogP contribution is -1.96. The van der Waals surface area contributed by atoms with Gasteiger partial charge in [0.15, 0.2) is 5.78 Å². The zero-order valence-corrected chi connectivity index (χ0v) is 10.7. The number of benzene rings is 3. The molecule has 4 rings (SSSR count). The van der Waals surface area contributed by atoms with Crippen LogP contribution in [0.25, 0.3) is 21.9 Å². The lowest BCUT2D eigenvalue weighted by molar-refractivity contribution is 0.104. The van der Waals surface area contributed by atoms with Crippen LogP contribution in [0.2, 0.25) is 5.02 Å². The van der Waals surface area contributed by atoms with E-state index in [1.54, 1.807) is 0 Å². The maximum absolute atomic E-state index is 12.6. The van der Waals surface area contributed by atoms with E-state index in [4.69, 9.17) is 11.6 Å². The van der Waals surface area contributed by atoms with E-state index in [-0.39, 0.29) is 5.78 Å². The largest absolute Gasteiger partial charge is 0.289 e. The van der Waals surface area contributed by atoms with E-state index < -0.39 is 0 Å². The van der Waals surface area contributed by atoms with E-state index in [9.17, 15) is 4.79 Å². The second-order valence-electron chi connectivity index (χ2n) is 4.73. The number of carbonyl (C=O) groups is 1. The minimum atomic E-state index is 0.110. The Hall–Kier alpha value is -2.12. The highest BCUT2D eigenvalue weighted by molar-refractivity contribution is 6.32. The highest BCUT2D eigenvalue weighted by atomic mass is 35.5. The summed E-state index contributed by atoms with van der Waals surface area (Å²) >= 11 is 6.01. The van der Waals surface area contributed by atoms with Crippen molar-refractivity contribution >= 4 is 28.2 Å². The Kier molecular flexibility index (Phi) is 2.09. The van der Waals surface area contributed by atoms with Crippen molar-refractivity contribution in [1.82, 2.24) is 0 Å². The van der Waals surface area contributed by atoms with Crippen molar-refractivity contribution < 1.29 is 4.79 Å². The van der Waals surface area contributed by atoms with Crippen molar-refractivity contribution in [3.8, 4) is 11.1 Å². The smallest absolute Gasteiger partial charge is 0.194 e. The van der Waals surface area contributed by atoms with E-state index in [1.807, 2.05) is 54.6 Å². The van der Waals surface area contributed by atoms with Gasteiger partial charge in [-0.3, -0.25) is 4.79 Å². The van der Waals surface area contributed by atoms with Crippen LogP contribution in [0.3, 0.4) is 0 Å². The van der Waals surface area contributed by atoms with Gasteiger partial charge in [0.1, 0.15) is 0 Å². The molecule has 19 heavy (non-hydrogen) atoms. The Bertz CT molecular complexity index is 849. The third-order valence-electron chi connectivity index (χ3n) is 3.67. The number of hydrogen-bond donors (Lipinski definition) is 0. The third-order valence-corrected chi connectivity index (χ3v) is 3.91. The summed E-state index contributed by atoms with van der Waals surface area (Å²) in [5.41, 5.74) is 3.64. The van der Waals surface area contributed by atoms with Crippen LogP contribution in [0.1, 0.15) is 15.9 Å². The quantitative estimate of drug-likeness (QED) is 0.450. The van der Waals surface area contributed by atoms with Gasteiger partial charge < -0.3 is 0 Å². The highest BCUT2D eigenvalue weighted by Crippen LogP contribution is 2.40. The summed E-state index contributed by atoms with van der Waals surface area (Å²) in [6, 6.07) is 17.5. The van der Waals surface area contributed by atoms with Crippen LogP contribution in [0.15, 0.2) is 54.6 Å². The summed E-state index contributed by atoms with van der Waals surface area (Å²) in [4.78, 5) is 12.6. The Labute approximate surface area is 115 Å². The van der Waals surface area contributed by atoms with Gasteiger partial charge in [0.25, 0.3) is 0 Å². The molecule has 0 amide bonds. The molecule has 0 radical (unpaired) electrons. The molecule has 1 aliphatic carbocycles. The normalized spacial score (nSPS) is 12.6. The molecule has 0 aliphatic heterocycles. The molecule has 0 N–H and O–H groups in total. The van der Waals surface area contributed by atoms with Crippen molar-refractivity contribution in [2.45, 2.75) is 0 Å². The fourth-order valence-electron chi connectivity index (χ4n) is 2.82. The predicted molar refractivity (Wildman–Crippen MR) is 77.8 cm³/mol. The highest BCUT2D eigenvalue weighted by Gasteiger charge is 2.27. The van der Waals surface area contributed by atoms with Gasteiger partial charge >= 0.3 is 0 Å². The van der Waals surface area contributed by atoms with Crippen molar-refractivity contribution in [3.05, 3.63) is 70.7 Å². The average molecular weight is 265 g/mol. The Morgan fingerprint density at radius 2 is 1.58 bits per heavy atom. The molecular formula is C17H9ClO. The molecule has 0 saturated heterocycles. The minimum absolute atomic E-state index is 0.110. The summed E-state index contributed by atoms with van der Waals surface area (Å²) in [6.45, 7) is 0. The molecule has 0 saturated carbocycles. The predicted octanol–water partition coefficient (Wildman–Crippen LogP) is 4.70. The second kappa shape index (κ2) is 3.69. The first-order valence-electron chi connectivity index (χ1n) is 6.12. The third kappa shape index (κ3) is 1.39. The molecule has 0 atom stereocenters.